The SMILES string of the molecule is CC(C)CNCc1cc(Br)cnc1N1CCCC1C(C)C. The van der Waals surface area contributed by atoms with E-state index < -0.39 is 0 Å². The van der Waals surface area contributed by atoms with Gasteiger partial charge in [-0.1, -0.05) is 27.7 Å². The van der Waals surface area contributed by atoms with E-state index in [2.05, 4.69) is 59.9 Å². The van der Waals surface area contributed by atoms with Crippen molar-refractivity contribution in [2.24, 2.45) is 11.8 Å². The highest BCUT2D eigenvalue weighted by atomic mass is 79.9. The smallest absolute Gasteiger partial charge is 0.133 e. The van der Waals surface area contributed by atoms with Crippen molar-refractivity contribution in [1.82, 2.24) is 10.3 Å². The molecule has 1 unspecified atom stereocenters. The number of rotatable bonds is 6. The summed E-state index contributed by atoms with van der Waals surface area (Å²) in [6, 6.07) is 2.84. The molecule has 1 aliphatic rings. The second-order valence-electron chi connectivity index (χ2n) is 6.81. The minimum absolute atomic E-state index is 0.627. The van der Waals surface area contributed by atoms with Crippen molar-refractivity contribution in [1.29, 1.82) is 0 Å². The van der Waals surface area contributed by atoms with Crippen LogP contribution >= 0.6 is 15.9 Å². The number of hydrogen-bond donors (Lipinski definition) is 1. The highest BCUT2D eigenvalue weighted by Gasteiger charge is 2.29. The van der Waals surface area contributed by atoms with Crippen LogP contribution in [0.4, 0.5) is 5.82 Å². The number of pyridine rings is 1. The Bertz CT molecular complexity index is 459. The molecule has 1 atom stereocenters. The first-order valence-corrected chi connectivity index (χ1v) is 8.90. The van der Waals surface area contributed by atoms with E-state index in [0.29, 0.717) is 17.9 Å². The molecule has 1 fully saturated rings. The molecule has 0 spiro atoms. The minimum atomic E-state index is 0.627. The lowest BCUT2D eigenvalue weighted by Gasteiger charge is -2.30. The molecule has 1 aromatic rings. The third-order valence-corrected chi connectivity index (χ3v) is 4.55. The van der Waals surface area contributed by atoms with Crippen LogP contribution in [0.15, 0.2) is 16.7 Å². The molecule has 1 N–H and O–H groups in total. The lowest BCUT2D eigenvalue weighted by Crippen LogP contribution is -2.35. The van der Waals surface area contributed by atoms with Gasteiger partial charge >= 0.3 is 0 Å². The number of nitrogens with one attached hydrogen (secondary N) is 1. The van der Waals surface area contributed by atoms with Crippen molar-refractivity contribution in [3.8, 4) is 0 Å². The monoisotopic (exact) mass is 353 g/mol. The van der Waals surface area contributed by atoms with Gasteiger partial charge in [0.15, 0.2) is 0 Å². The zero-order chi connectivity index (χ0) is 15.4. The molecule has 0 bridgehead atoms. The van der Waals surface area contributed by atoms with E-state index in [-0.39, 0.29) is 0 Å². The molecular weight excluding hydrogens is 326 g/mol. The van der Waals surface area contributed by atoms with Crippen LogP contribution < -0.4 is 10.2 Å². The maximum atomic E-state index is 4.73. The van der Waals surface area contributed by atoms with Crippen LogP contribution in [0.25, 0.3) is 0 Å². The Morgan fingerprint density at radius 3 is 2.81 bits per heavy atom. The number of nitrogens with zero attached hydrogens (tertiary/aromatic N) is 2. The highest BCUT2D eigenvalue weighted by molar-refractivity contribution is 9.10. The van der Waals surface area contributed by atoms with Crippen LogP contribution in [-0.2, 0) is 6.54 Å². The van der Waals surface area contributed by atoms with E-state index in [9.17, 15) is 0 Å². The third-order valence-electron chi connectivity index (χ3n) is 4.12. The van der Waals surface area contributed by atoms with Crippen LogP contribution in [0.3, 0.4) is 0 Å². The van der Waals surface area contributed by atoms with Crippen molar-refractivity contribution in [3.05, 3.63) is 22.3 Å². The summed E-state index contributed by atoms with van der Waals surface area (Å²) in [5.74, 6) is 2.52. The normalized spacial score (nSPS) is 19.0. The van der Waals surface area contributed by atoms with Gasteiger partial charge in [-0.15, -0.1) is 0 Å². The summed E-state index contributed by atoms with van der Waals surface area (Å²) in [5.41, 5.74) is 1.30. The van der Waals surface area contributed by atoms with Crippen LogP contribution in [0.2, 0.25) is 0 Å². The van der Waals surface area contributed by atoms with Crippen LogP contribution in [-0.4, -0.2) is 24.1 Å². The lowest BCUT2D eigenvalue weighted by molar-refractivity contribution is 0.487. The van der Waals surface area contributed by atoms with Gasteiger partial charge in [-0.05, 0) is 53.2 Å². The van der Waals surface area contributed by atoms with Gasteiger partial charge < -0.3 is 10.2 Å². The van der Waals surface area contributed by atoms with E-state index in [0.717, 1.165) is 24.1 Å². The molecule has 21 heavy (non-hydrogen) atoms. The summed E-state index contributed by atoms with van der Waals surface area (Å²) in [6.45, 7) is 12.2. The molecule has 0 amide bonds. The summed E-state index contributed by atoms with van der Waals surface area (Å²) in [6.07, 6.45) is 4.49. The predicted molar refractivity (Wildman–Crippen MR) is 93.7 cm³/mol. The van der Waals surface area contributed by atoms with Crippen molar-refractivity contribution in [2.45, 2.75) is 53.1 Å². The number of aromatic nitrogens is 1. The van der Waals surface area contributed by atoms with Crippen molar-refractivity contribution < 1.29 is 0 Å². The Balaban J connectivity index is 2.18. The number of halogens is 1. The first-order chi connectivity index (χ1) is 9.99. The second kappa shape index (κ2) is 7.59. The fourth-order valence-electron chi connectivity index (χ4n) is 3.11. The molecule has 3 nitrogen and oxygen atoms in total. The molecule has 0 saturated carbocycles. The molecule has 0 radical (unpaired) electrons. The molecular formula is C17H28BrN3. The van der Waals surface area contributed by atoms with Crippen LogP contribution in [0, 0.1) is 11.8 Å². The largest absolute Gasteiger partial charge is 0.353 e. The molecule has 1 aliphatic heterocycles. The van der Waals surface area contributed by atoms with Crippen molar-refractivity contribution >= 4 is 21.7 Å². The Morgan fingerprint density at radius 2 is 2.14 bits per heavy atom. The molecule has 2 rings (SSSR count). The topological polar surface area (TPSA) is 28.2 Å². The molecule has 2 heterocycles. The van der Waals surface area contributed by atoms with E-state index in [1.165, 1.54) is 24.2 Å². The van der Waals surface area contributed by atoms with E-state index in [1.54, 1.807) is 0 Å². The molecule has 0 aliphatic carbocycles. The highest BCUT2D eigenvalue weighted by Crippen LogP contribution is 2.31. The Kier molecular flexibility index (Phi) is 6.06. The molecule has 4 heteroatoms. The van der Waals surface area contributed by atoms with Gasteiger partial charge in [0.25, 0.3) is 0 Å². The van der Waals surface area contributed by atoms with Gasteiger partial charge in [0.2, 0.25) is 0 Å². The fourth-order valence-corrected chi connectivity index (χ4v) is 3.49. The Labute approximate surface area is 137 Å². The zero-order valence-corrected chi connectivity index (χ0v) is 15.3. The fraction of sp³-hybridized carbons (Fsp3) is 0.706. The first kappa shape index (κ1) is 16.8. The van der Waals surface area contributed by atoms with Crippen molar-refractivity contribution in [3.63, 3.8) is 0 Å². The summed E-state index contributed by atoms with van der Waals surface area (Å²) >= 11 is 3.56. The molecule has 0 aromatic carbocycles. The van der Waals surface area contributed by atoms with E-state index >= 15 is 0 Å². The average molecular weight is 354 g/mol. The van der Waals surface area contributed by atoms with Gasteiger partial charge in [-0.3, -0.25) is 0 Å². The predicted octanol–water partition coefficient (Wildman–Crippen LogP) is 4.21. The maximum Gasteiger partial charge on any atom is 0.133 e. The van der Waals surface area contributed by atoms with Crippen LogP contribution in [0.5, 0.6) is 0 Å². The summed E-state index contributed by atoms with van der Waals surface area (Å²) < 4.78 is 1.06. The quantitative estimate of drug-likeness (QED) is 0.829. The van der Waals surface area contributed by atoms with Crippen LogP contribution in [0.1, 0.15) is 46.1 Å². The Hall–Kier alpha value is -0.610. The minimum Gasteiger partial charge on any atom is -0.353 e. The summed E-state index contributed by atoms with van der Waals surface area (Å²) in [7, 11) is 0. The van der Waals surface area contributed by atoms with E-state index in [1.807, 2.05) is 6.20 Å². The van der Waals surface area contributed by atoms with Crippen molar-refractivity contribution in [2.75, 3.05) is 18.0 Å². The van der Waals surface area contributed by atoms with Gasteiger partial charge in [0, 0.05) is 35.4 Å². The molecule has 1 saturated heterocycles. The lowest BCUT2D eigenvalue weighted by atomic mass is 10.0. The third kappa shape index (κ3) is 4.43. The second-order valence-corrected chi connectivity index (χ2v) is 7.72. The number of anilines is 1. The Morgan fingerprint density at radius 1 is 1.38 bits per heavy atom. The zero-order valence-electron chi connectivity index (χ0n) is 13.7. The van der Waals surface area contributed by atoms with E-state index in [4.69, 9.17) is 4.98 Å². The first-order valence-electron chi connectivity index (χ1n) is 8.10. The molecule has 1 aromatic heterocycles. The van der Waals surface area contributed by atoms with Gasteiger partial charge in [0.1, 0.15) is 5.82 Å². The number of hydrogen-bond acceptors (Lipinski definition) is 3. The van der Waals surface area contributed by atoms with Gasteiger partial charge in [-0.25, -0.2) is 4.98 Å². The average Bonchev–Trinajstić information content (AvgIpc) is 2.87. The summed E-state index contributed by atoms with van der Waals surface area (Å²) in [5, 5.41) is 3.55. The standard InChI is InChI=1S/C17H28BrN3/c1-12(2)9-19-10-14-8-15(18)11-20-17(14)21-7-5-6-16(21)13(3)4/h8,11-13,16,19H,5-7,9-10H2,1-4H3. The van der Waals surface area contributed by atoms with Gasteiger partial charge in [-0.2, -0.15) is 0 Å². The molecule has 118 valence electrons. The van der Waals surface area contributed by atoms with Gasteiger partial charge in [0.05, 0.1) is 0 Å². The summed E-state index contributed by atoms with van der Waals surface area (Å²) in [4.78, 5) is 7.25. The maximum absolute atomic E-state index is 4.73.